The summed E-state index contributed by atoms with van der Waals surface area (Å²) in [6.45, 7) is 7.58. The molecule has 102 valence electrons. The first-order valence-electron chi connectivity index (χ1n) is 6.97. The van der Waals surface area contributed by atoms with Crippen LogP contribution in [0.15, 0.2) is 11.7 Å². The molecule has 2 unspecified atom stereocenters. The van der Waals surface area contributed by atoms with Gasteiger partial charge in [0.05, 0.1) is 11.1 Å². The van der Waals surface area contributed by atoms with Crippen LogP contribution in [0.5, 0.6) is 0 Å². The average Bonchev–Trinajstić information content (AvgIpc) is 2.93. The molecule has 0 bridgehead atoms. The Balaban J connectivity index is 1.93. The predicted molar refractivity (Wildman–Crippen MR) is 76.0 cm³/mol. The fraction of sp³-hybridized carbons (Fsp3) is 0.786. The van der Waals surface area contributed by atoms with Gasteiger partial charge in [-0.2, -0.15) is 0 Å². The maximum Gasteiger partial charge on any atom is 0.0794 e. The molecule has 1 fully saturated rings. The van der Waals surface area contributed by atoms with Crippen LogP contribution in [-0.2, 0) is 4.74 Å². The van der Waals surface area contributed by atoms with Crippen molar-refractivity contribution in [3.05, 3.63) is 16.6 Å². The summed E-state index contributed by atoms with van der Waals surface area (Å²) >= 11 is 1.73. The van der Waals surface area contributed by atoms with Crippen LogP contribution in [0.25, 0.3) is 0 Å². The van der Waals surface area contributed by atoms with Crippen LogP contribution in [-0.4, -0.2) is 23.2 Å². The monoisotopic (exact) mass is 268 g/mol. The van der Waals surface area contributed by atoms with E-state index in [0.717, 1.165) is 32.3 Å². The zero-order chi connectivity index (χ0) is 13.0. The topological polar surface area (TPSA) is 34.2 Å². The normalized spacial score (nSPS) is 24.9. The van der Waals surface area contributed by atoms with Crippen molar-refractivity contribution in [2.24, 2.45) is 0 Å². The van der Waals surface area contributed by atoms with Crippen LogP contribution in [0.3, 0.4) is 0 Å². The smallest absolute Gasteiger partial charge is 0.0794 e. The van der Waals surface area contributed by atoms with E-state index in [-0.39, 0.29) is 5.60 Å². The van der Waals surface area contributed by atoms with Gasteiger partial charge in [-0.15, -0.1) is 11.3 Å². The lowest BCUT2D eigenvalue weighted by molar-refractivity contribution is -0.0939. The number of hydrogen-bond donors (Lipinski definition) is 1. The molecule has 2 rings (SSSR count). The lowest BCUT2D eigenvalue weighted by Crippen LogP contribution is -2.46. The minimum Gasteiger partial charge on any atom is -0.375 e. The summed E-state index contributed by atoms with van der Waals surface area (Å²) in [5, 5.41) is 3.74. The number of thiazole rings is 1. The van der Waals surface area contributed by atoms with Crippen molar-refractivity contribution in [1.29, 1.82) is 0 Å². The van der Waals surface area contributed by atoms with Gasteiger partial charge in [-0.25, -0.2) is 0 Å². The van der Waals surface area contributed by atoms with Gasteiger partial charge in [-0.1, -0.05) is 13.8 Å². The minimum absolute atomic E-state index is 0.101. The molecule has 0 aliphatic carbocycles. The van der Waals surface area contributed by atoms with E-state index in [9.17, 15) is 0 Å². The van der Waals surface area contributed by atoms with E-state index in [2.05, 4.69) is 31.1 Å². The average molecular weight is 268 g/mol. The third kappa shape index (κ3) is 3.11. The molecule has 2 heterocycles. The molecule has 0 aromatic carbocycles. The van der Waals surface area contributed by atoms with Crippen molar-refractivity contribution in [2.75, 3.05) is 6.61 Å². The lowest BCUT2D eigenvalue weighted by Gasteiger charge is -2.41. The molecule has 18 heavy (non-hydrogen) atoms. The Morgan fingerprint density at radius 3 is 2.94 bits per heavy atom. The summed E-state index contributed by atoms with van der Waals surface area (Å²) in [5.41, 5.74) is 2.00. The molecule has 3 nitrogen and oxygen atoms in total. The summed E-state index contributed by atoms with van der Waals surface area (Å²) in [5.74, 6) is 0. The van der Waals surface area contributed by atoms with Gasteiger partial charge < -0.3 is 10.1 Å². The van der Waals surface area contributed by atoms with Gasteiger partial charge >= 0.3 is 0 Å². The van der Waals surface area contributed by atoms with E-state index in [4.69, 9.17) is 4.74 Å². The highest BCUT2D eigenvalue weighted by Gasteiger charge is 2.34. The predicted octanol–water partition coefficient (Wildman–Crippen LogP) is 3.53. The van der Waals surface area contributed by atoms with Gasteiger partial charge in [0.15, 0.2) is 0 Å². The van der Waals surface area contributed by atoms with E-state index >= 15 is 0 Å². The molecule has 2 atom stereocenters. The molecular weight excluding hydrogens is 244 g/mol. The Labute approximate surface area is 114 Å². The van der Waals surface area contributed by atoms with E-state index in [1.807, 2.05) is 11.7 Å². The van der Waals surface area contributed by atoms with Gasteiger partial charge in [0, 0.05) is 29.8 Å². The zero-order valence-electron chi connectivity index (χ0n) is 11.6. The van der Waals surface area contributed by atoms with Crippen LogP contribution < -0.4 is 5.32 Å². The molecule has 0 saturated carbocycles. The van der Waals surface area contributed by atoms with Crippen LogP contribution in [0.4, 0.5) is 0 Å². The van der Waals surface area contributed by atoms with Crippen molar-refractivity contribution in [3.8, 4) is 0 Å². The van der Waals surface area contributed by atoms with Gasteiger partial charge in [-0.05, 0) is 32.6 Å². The highest BCUT2D eigenvalue weighted by Crippen LogP contribution is 2.32. The Morgan fingerprint density at radius 1 is 1.56 bits per heavy atom. The van der Waals surface area contributed by atoms with E-state index in [1.165, 1.54) is 4.88 Å². The van der Waals surface area contributed by atoms with Crippen molar-refractivity contribution in [1.82, 2.24) is 10.3 Å². The summed E-state index contributed by atoms with van der Waals surface area (Å²) in [6, 6.07) is 0.961. The van der Waals surface area contributed by atoms with E-state index in [0.29, 0.717) is 12.1 Å². The third-order valence-corrected chi connectivity index (χ3v) is 5.10. The summed E-state index contributed by atoms with van der Waals surface area (Å²) in [7, 11) is 0. The molecule has 1 aliphatic rings. The summed E-state index contributed by atoms with van der Waals surface area (Å²) in [4.78, 5) is 5.47. The van der Waals surface area contributed by atoms with Crippen molar-refractivity contribution >= 4 is 11.3 Å². The van der Waals surface area contributed by atoms with E-state index < -0.39 is 0 Å². The molecule has 1 aromatic rings. The third-order valence-electron chi connectivity index (χ3n) is 4.15. The van der Waals surface area contributed by atoms with Gasteiger partial charge in [-0.3, -0.25) is 4.98 Å². The second-order valence-electron chi connectivity index (χ2n) is 5.22. The molecule has 4 heteroatoms. The molecule has 0 spiro atoms. The second-order valence-corrected chi connectivity index (χ2v) is 6.14. The van der Waals surface area contributed by atoms with Crippen LogP contribution in [0.1, 0.15) is 57.4 Å². The summed E-state index contributed by atoms with van der Waals surface area (Å²) < 4.78 is 6.02. The van der Waals surface area contributed by atoms with E-state index in [1.54, 1.807) is 11.3 Å². The first-order valence-corrected chi connectivity index (χ1v) is 7.85. The maximum absolute atomic E-state index is 6.02. The van der Waals surface area contributed by atoms with Crippen molar-refractivity contribution < 1.29 is 4.74 Å². The first kappa shape index (κ1) is 14.0. The number of ether oxygens (including phenoxy) is 1. The standard InChI is InChI=1S/C14H24N2OS/c1-4-14(5-2)8-12(6-7-17-14)16-11(3)13-9-15-10-18-13/h9-12,16H,4-8H2,1-3H3. The minimum atomic E-state index is 0.101. The van der Waals surface area contributed by atoms with Crippen molar-refractivity contribution in [2.45, 2.75) is 64.1 Å². The Kier molecular flexibility index (Phi) is 4.76. The summed E-state index contributed by atoms with van der Waals surface area (Å²) in [6.07, 6.45) is 6.43. The molecule has 1 aliphatic heterocycles. The Bertz CT molecular complexity index is 349. The second kappa shape index (κ2) is 6.13. The van der Waals surface area contributed by atoms with Crippen LogP contribution in [0.2, 0.25) is 0 Å². The maximum atomic E-state index is 6.02. The SMILES string of the molecule is CCC1(CC)CC(NC(C)c2cncs2)CCO1. The van der Waals surface area contributed by atoms with Gasteiger partial charge in [0.2, 0.25) is 0 Å². The van der Waals surface area contributed by atoms with Crippen LogP contribution >= 0.6 is 11.3 Å². The highest BCUT2D eigenvalue weighted by molar-refractivity contribution is 7.09. The molecule has 1 aromatic heterocycles. The molecular formula is C14H24N2OS. The largest absolute Gasteiger partial charge is 0.375 e. The number of nitrogens with zero attached hydrogens (tertiary/aromatic N) is 1. The molecule has 0 amide bonds. The first-order chi connectivity index (χ1) is 8.69. The quantitative estimate of drug-likeness (QED) is 0.887. The number of hydrogen-bond acceptors (Lipinski definition) is 4. The Hall–Kier alpha value is -0.450. The Morgan fingerprint density at radius 2 is 2.33 bits per heavy atom. The van der Waals surface area contributed by atoms with Crippen molar-refractivity contribution in [3.63, 3.8) is 0 Å². The van der Waals surface area contributed by atoms with Crippen LogP contribution in [0, 0.1) is 0 Å². The number of rotatable bonds is 5. The fourth-order valence-electron chi connectivity index (χ4n) is 2.79. The molecule has 1 saturated heterocycles. The number of nitrogens with one attached hydrogen (secondary N) is 1. The fourth-order valence-corrected chi connectivity index (χ4v) is 3.43. The highest BCUT2D eigenvalue weighted by atomic mass is 32.1. The number of aromatic nitrogens is 1. The zero-order valence-corrected chi connectivity index (χ0v) is 12.4. The molecule has 0 radical (unpaired) electrons. The van der Waals surface area contributed by atoms with Gasteiger partial charge in [0.1, 0.15) is 0 Å². The lowest BCUT2D eigenvalue weighted by atomic mass is 9.85. The van der Waals surface area contributed by atoms with Gasteiger partial charge in [0.25, 0.3) is 0 Å². The molecule has 1 N–H and O–H groups in total.